The van der Waals surface area contributed by atoms with Crippen LogP contribution in [0.2, 0.25) is 0 Å². The number of halogens is 3. The number of carbonyl (C=O) groups excluding carboxylic acids is 2. The van der Waals surface area contributed by atoms with Crippen molar-refractivity contribution in [2.24, 2.45) is 5.92 Å². The first-order valence-electron chi connectivity index (χ1n) is 10.9. The number of nitrogens with zero attached hydrogens (tertiary/aromatic N) is 4. The van der Waals surface area contributed by atoms with Gasteiger partial charge >= 0.3 is 6.18 Å². The summed E-state index contributed by atoms with van der Waals surface area (Å²) in [5.74, 6) is -0.210. The minimum atomic E-state index is -4.48. The van der Waals surface area contributed by atoms with E-state index in [0.717, 1.165) is 17.8 Å². The molecule has 0 bridgehead atoms. The van der Waals surface area contributed by atoms with Crippen LogP contribution in [0.4, 0.5) is 13.2 Å². The highest BCUT2D eigenvalue weighted by molar-refractivity contribution is 5.95. The Bertz CT molecular complexity index is 1150. The lowest BCUT2D eigenvalue weighted by Gasteiger charge is -2.31. The molecule has 34 heavy (non-hydrogen) atoms. The molecule has 2 aromatic heterocycles. The Morgan fingerprint density at radius 2 is 1.76 bits per heavy atom. The zero-order valence-electron chi connectivity index (χ0n) is 18.5. The van der Waals surface area contributed by atoms with Gasteiger partial charge in [-0.05, 0) is 37.5 Å². The molecule has 1 aromatic carbocycles. The molecule has 0 spiro atoms. The van der Waals surface area contributed by atoms with Crippen molar-refractivity contribution in [1.29, 1.82) is 0 Å². The van der Waals surface area contributed by atoms with Crippen LogP contribution in [-0.2, 0) is 17.5 Å². The van der Waals surface area contributed by atoms with Crippen LogP contribution in [0.1, 0.15) is 40.0 Å². The maximum Gasteiger partial charge on any atom is 0.417 e. The second kappa shape index (κ2) is 9.66. The van der Waals surface area contributed by atoms with Crippen molar-refractivity contribution in [2.75, 3.05) is 13.1 Å². The molecule has 0 atom stereocenters. The van der Waals surface area contributed by atoms with Crippen LogP contribution in [0.5, 0.6) is 0 Å². The number of hydrogen-bond acceptors (Lipinski definition) is 4. The van der Waals surface area contributed by atoms with Gasteiger partial charge in [-0.1, -0.05) is 30.3 Å². The van der Waals surface area contributed by atoms with E-state index in [4.69, 9.17) is 0 Å². The highest BCUT2D eigenvalue weighted by Gasteiger charge is 2.31. The Balaban J connectivity index is 1.35. The zero-order chi connectivity index (χ0) is 24.3. The molecule has 1 saturated heterocycles. The van der Waals surface area contributed by atoms with Gasteiger partial charge in [-0.15, -0.1) is 0 Å². The molecule has 0 aliphatic carbocycles. The number of piperidine rings is 1. The summed E-state index contributed by atoms with van der Waals surface area (Å²) < 4.78 is 39.7. The molecule has 1 aliphatic rings. The summed E-state index contributed by atoms with van der Waals surface area (Å²) in [6.07, 6.45) is -1.22. The van der Waals surface area contributed by atoms with Gasteiger partial charge in [-0.3, -0.25) is 9.59 Å². The van der Waals surface area contributed by atoms with E-state index in [1.807, 2.05) is 30.3 Å². The van der Waals surface area contributed by atoms with Crippen LogP contribution in [0.15, 0.2) is 54.9 Å². The molecule has 1 fully saturated rings. The average molecular weight is 471 g/mol. The van der Waals surface area contributed by atoms with Crippen LogP contribution in [-0.4, -0.2) is 44.6 Å². The molecule has 0 radical (unpaired) electrons. The van der Waals surface area contributed by atoms with Crippen LogP contribution >= 0.6 is 0 Å². The minimum absolute atomic E-state index is 0.0201. The first-order chi connectivity index (χ1) is 16.2. The predicted octanol–water partition coefficient (Wildman–Crippen LogP) is 3.76. The molecule has 0 unspecified atom stereocenters. The van der Waals surface area contributed by atoms with Crippen molar-refractivity contribution in [3.05, 3.63) is 77.2 Å². The molecule has 178 valence electrons. The summed E-state index contributed by atoms with van der Waals surface area (Å²) in [4.78, 5) is 31.1. The van der Waals surface area contributed by atoms with Crippen molar-refractivity contribution in [2.45, 2.75) is 32.5 Å². The van der Waals surface area contributed by atoms with Gasteiger partial charge in [0.1, 0.15) is 0 Å². The molecule has 3 aromatic rings. The van der Waals surface area contributed by atoms with Crippen molar-refractivity contribution in [3.63, 3.8) is 0 Å². The van der Waals surface area contributed by atoms with E-state index in [0.29, 0.717) is 43.7 Å². The quantitative estimate of drug-likeness (QED) is 0.615. The molecule has 1 aliphatic heterocycles. The zero-order valence-corrected chi connectivity index (χ0v) is 18.5. The molecule has 1 N–H and O–H groups in total. The van der Waals surface area contributed by atoms with Crippen molar-refractivity contribution >= 4 is 11.8 Å². The SMILES string of the molecule is Cc1c(C(=O)N2CCC(C(=O)NCc3ccccc3)CC2)cnn1-c1ccc(C(F)(F)F)cn1. The number of pyridine rings is 1. The lowest BCUT2D eigenvalue weighted by molar-refractivity contribution is -0.137. The molecular formula is C24H24F3N5O2. The standard InChI is InChI=1S/C24H24F3N5O2/c1-16-20(15-30-32(16)21-8-7-19(14-28-21)24(25,26)27)23(34)31-11-9-18(10-12-31)22(33)29-13-17-5-3-2-4-6-17/h2-8,14-15,18H,9-13H2,1H3,(H,29,33). The Hall–Kier alpha value is -3.69. The molecule has 3 heterocycles. The second-order valence-corrected chi connectivity index (χ2v) is 8.23. The van der Waals surface area contributed by atoms with E-state index in [9.17, 15) is 22.8 Å². The average Bonchev–Trinajstić information content (AvgIpc) is 3.23. The fourth-order valence-electron chi connectivity index (χ4n) is 3.97. The van der Waals surface area contributed by atoms with E-state index in [1.54, 1.807) is 11.8 Å². The number of aromatic nitrogens is 3. The van der Waals surface area contributed by atoms with Crippen LogP contribution in [0.25, 0.3) is 5.82 Å². The third-order valence-corrected chi connectivity index (χ3v) is 5.99. The van der Waals surface area contributed by atoms with E-state index in [1.165, 1.54) is 16.9 Å². The van der Waals surface area contributed by atoms with Crippen molar-refractivity contribution in [1.82, 2.24) is 25.0 Å². The largest absolute Gasteiger partial charge is 0.417 e. The summed E-state index contributed by atoms with van der Waals surface area (Å²) >= 11 is 0. The van der Waals surface area contributed by atoms with E-state index < -0.39 is 11.7 Å². The Morgan fingerprint density at radius 3 is 2.38 bits per heavy atom. The number of carbonyl (C=O) groups is 2. The molecule has 0 saturated carbocycles. The number of nitrogens with one attached hydrogen (secondary N) is 1. The maximum absolute atomic E-state index is 13.0. The summed E-state index contributed by atoms with van der Waals surface area (Å²) in [5, 5.41) is 7.11. The molecular weight excluding hydrogens is 447 g/mol. The van der Waals surface area contributed by atoms with E-state index >= 15 is 0 Å². The third kappa shape index (κ3) is 5.11. The summed E-state index contributed by atoms with van der Waals surface area (Å²) in [5.41, 5.74) is 1.01. The van der Waals surface area contributed by atoms with Crippen molar-refractivity contribution in [3.8, 4) is 5.82 Å². The number of benzene rings is 1. The third-order valence-electron chi connectivity index (χ3n) is 5.99. The number of likely N-dealkylation sites (tertiary alicyclic amines) is 1. The Kier molecular flexibility index (Phi) is 6.67. The second-order valence-electron chi connectivity index (χ2n) is 8.23. The van der Waals surface area contributed by atoms with Crippen molar-refractivity contribution < 1.29 is 22.8 Å². The van der Waals surface area contributed by atoms with Gasteiger partial charge in [-0.25, -0.2) is 9.67 Å². The van der Waals surface area contributed by atoms with Gasteiger partial charge in [-0.2, -0.15) is 18.3 Å². The lowest BCUT2D eigenvalue weighted by atomic mass is 9.95. The number of rotatable bonds is 5. The molecule has 10 heteroatoms. The fraction of sp³-hybridized carbons (Fsp3) is 0.333. The van der Waals surface area contributed by atoms with E-state index in [2.05, 4.69) is 15.4 Å². The van der Waals surface area contributed by atoms with Gasteiger partial charge < -0.3 is 10.2 Å². The molecule has 4 rings (SSSR count). The van der Waals surface area contributed by atoms with Crippen LogP contribution < -0.4 is 5.32 Å². The predicted molar refractivity (Wildman–Crippen MR) is 118 cm³/mol. The van der Waals surface area contributed by atoms with Gasteiger partial charge in [0.05, 0.1) is 23.0 Å². The first kappa shape index (κ1) is 23.5. The summed E-state index contributed by atoms with van der Waals surface area (Å²) in [6, 6.07) is 11.8. The highest BCUT2D eigenvalue weighted by atomic mass is 19.4. The van der Waals surface area contributed by atoms with E-state index in [-0.39, 0.29) is 23.6 Å². The number of amides is 2. The van der Waals surface area contributed by atoms with Gasteiger partial charge in [0.15, 0.2) is 5.82 Å². The number of hydrogen-bond donors (Lipinski definition) is 1. The first-order valence-corrected chi connectivity index (χ1v) is 10.9. The molecule has 7 nitrogen and oxygen atoms in total. The number of alkyl halides is 3. The topological polar surface area (TPSA) is 80.1 Å². The highest BCUT2D eigenvalue weighted by Crippen LogP contribution is 2.29. The minimum Gasteiger partial charge on any atom is -0.352 e. The molecule has 2 amide bonds. The maximum atomic E-state index is 13.0. The van der Waals surface area contributed by atoms with Crippen LogP contribution in [0, 0.1) is 12.8 Å². The lowest BCUT2D eigenvalue weighted by Crippen LogP contribution is -2.43. The Labute approximate surface area is 194 Å². The summed E-state index contributed by atoms with van der Waals surface area (Å²) in [7, 11) is 0. The normalized spacial score (nSPS) is 14.8. The summed E-state index contributed by atoms with van der Waals surface area (Å²) in [6.45, 7) is 3.01. The smallest absolute Gasteiger partial charge is 0.352 e. The fourth-order valence-corrected chi connectivity index (χ4v) is 3.97. The van der Waals surface area contributed by atoms with Gasteiger partial charge in [0.2, 0.25) is 5.91 Å². The Morgan fingerprint density at radius 1 is 1.06 bits per heavy atom. The van der Waals surface area contributed by atoms with Gasteiger partial charge in [0, 0.05) is 31.7 Å². The van der Waals surface area contributed by atoms with Gasteiger partial charge in [0.25, 0.3) is 5.91 Å². The monoisotopic (exact) mass is 471 g/mol. The van der Waals surface area contributed by atoms with Crippen LogP contribution in [0.3, 0.4) is 0 Å².